The number of carbonyl (C=O) groups is 2. The average molecular weight is 522 g/mol. The van der Waals surface area contributed by atoms with Gasteiger partial charge in [-0.3, -0.25) is 14.5 Å². The van der Waals surface area contributed by atoms with Crippen LogP contribution in [-0.4, -0.2) is 72.5 Å². The van der Waals surface area contributed by atoms with Crippen molar-refractivity contribution in [3.05, 3.63) is 100 Å². The fraction of sp³-hybridized carbons (Fsp3) is 0.310. The van der Waals surface area contributed by atoms with Crippen molar-refractivity contribution in [2.24, 2.45) is 0 Å². The number of carbonyl (C=O) groups excluding carboxylic acids is 2. The third kappa shape index (κ3) is 8.63. The molecule has 8 heteroatoms. The lowest BCUT2D eigenvalue weighted by atomic mass is 10.2. The molecule has 2 amide bonds. The number of hydrogen-bond donors (Lipinski definition) is 0. The Balaban J connectivity index is 1.48. The monoisotopic (exact) mass is 521 g/mol. The van der Waals surface area contributed by atoms with Gasteiger partial charge in [0.05, 0.1) is 19.8 Å². The van der Waals surface area contributed by atoms with Crippen molar-refractivity contribution in [3.8, 4) is 0 Å². The van der Waals surface area contributed by atoms with Gasteiger partial charge in [-0.05, 0) is 40.8 Å². The molecule has 1 aliphatic heterocycles. The minimum atomic E-state index is -0.315. The van der Waals surface area contributed by atoms with Crippen molar-refractivity contribution in [3.63, 3.8) is 0 Å². The molecule has 1 aliphatic rings. The van der Waals surface area contributed by atoms with Crippen LogP contribution >= 0.6 is 11.3 Å². The predicted octanol–water partition coefficient (Wildman–Crippen LogP) is 4.29. The number of thiophene rings is 1. The van der Waals surface area contributed by atoms with Gasteiger partial charge in [0.2, 0.25) is 11.8 Å². The second kappa shape index (κ2) is 13.8. The summed E-state index contributed by atoms with van der Waals surface area (Å²) in [5.74, 6) is -0.672. The van der Waals surface area contributed by atoms with Crippen LogP contribution in [0.15, 0.2) is 78.2 Å². The van der Waals surface area contributed by atoms with Crippen LogP contribution < -0.4 is 0 Å². The van der Waals surface area contributed by atoms with Gasteiger partial charge in [0, 0.05) is 43.7 Å². The van der Waals surface area contributed by atoms with Crippen LogP contribution in [0.1, 0.15) is 16.0 Å². The zero-order valence-corrected chi connectivity index (χ0v) is 21.6. The topological polar surface area (TPSA) is 53.1 Å². The third-order valence-corrected chi connectivity index (χ3v) is 7.07. The van der Waals surface area contributed by atoms with Gasteiger partial charge in [-0.2, -0.15) is 0 Å². The van der Waals surface area contributed by atoms with Crippen LogP contribution in [0.2, 0.25) is 0 Å². The number of hydrogen-bond acceptors (Lipinski definition) is 5. The highest BCUT2D eigenvalue weighted by Crippen LogP contribution is 2.16. The van der Waals surface area contributed by atoms with Crippen LogP contribution in [0.25, 0.3) is 6.08 Å². The summed E-state index contributed by atoms with van der Waals surface area (Å²) < 4.78 is 18.9. The van der Waals surface area contributed by atoms with Gasteiger partial charge in [0.1, 0.15) is 12.4 Å². The van der Waals surface area contributed by atoms with Crippen LogP contribution in [0.5, 0.6) is 0 Å². The molecule has 194 valence electrons. The second-order valence-electron chi connectivity index (χ2n) is 8.91. The number of rotatable bonds is 11. The largest absolute Gasteiger partial charge is 0.379 e. The fourth-order valence-electron chi connectivity index (χ4n) is 4.09. The summed E-state index contributed by atoms with van der Waals surface area (Å²) in [5, 5.41) is 1.97. The molecule has 37 heavy (non-hydrogen) atoms. The van der Waals surface area contributed by atoms with E-state index in [-0.39, 0.29) is 24.2 Å². The van der Waals surface area contributed by atoms with E-state index in [2.05, 4.69) is 4.90 Å². The van der Waals surface area contributed by atoms with E-state index in [4.69, 9.17) is 4.74 Å². The molecule has 0 saturated carbocycles. The second-order valence-corrected chi connectivity index (χ2v) is 9.95. The molecule has 0 bridgehead atoms. The molecule has 0 unspecified atom stereocenters. The molecular weight excluding hydrogens is 489 g/mol. The summed E-state index contributed by atoms with van der Waals surface area (Å²) in [6, 6.07) is 19.7. The highest BCUT2D eigenvalue weighted by Gasteiger charge is 2.22. The quantitative estimate of drug-likeness (QED) is 0.354. The Morgan fingerprint density at radius 1 is 0.946 bits per heavy atom. The number of morpholine rings is 1. The maximum Gasteiger partial charge on any atom is 0.247 e. The van der Waals surface area contributed by atoms with Gasteiger partial charge in [-0.25, -0.2) is 4.39 Å². The van der Waals surface area contributed by atoms with E-state index < -0.39 is 0 Å². The molecule has 0 aliphatic carbocycles. The van der Waals surface area contributed by atoms with Crippen LogP contribution in [0.3, 0.4) is 0 Å². The fourth-order valence-corrected chi connectivity index (χ4v) is 4.81. The Bertz CT molecular complexity index is 1150. The Morgan fingerprint density at radius 2 is 1.70 bits per heavy atom. The van der Waals surface area contributed by atoms with Crippen LogP contribution in [0, 0.1) is 5.82 Å². The Hall–Kier alpha value is -3.33. The summed E-state index contributed by atoms with van der Waals surface area (Å²) in [6.07, 6.45) is 3.31. The molecule has 0 atom stereocenters. The zero-order valence-electron chi connectivity index (χ0n) is 20.8. The highest BCUT2D eigenvalue weighted by molar-refractivity contribution is 7.09. The minimum Gasteiger partial charge on any atom is -0.379 e. The maximum atomic E-state index is 13.6. The van der Waals surface area contributed by atoms with Crippen molar-refractivity contribution >= 4 is 29.2 Å². The highest BCUT2D eigenvalue weighted by atomic mass is 32.1. The summed E-state index contributed by atoms with van der Waals surface area (Å²) >= 11 is 1.58. The Kier molecular flexibility index (Phi) is 9.99. The average Bonchev–Trinajstić information content (AvgIpc) is 3.45. The third-order valence-electron chi connectivity index (χ3n) is 6.21. The van der Waals surface area contributed by atoms with Gasteiger partial charge < -0.3 is 14.5 Å². The van der Waals surface area contributed by atoms with E-state index in [9.17, 15) is 14.0 Å². The molecular formula is C29H32FN3O3S. The van der Waals surface area contributed by atoms with Crippen LogP contribution in [0.4, 0.5) is 4.39 Å². The summed E-state index contributed by atoms with van der Waals surface area (Å²) in [6.45, 7) is 4.81. The number of benzene rings is 2. The standard InChI is InChI=1S/C29H32FN3O3S/c30-26-11-8-25(9-12-26)21-33(22-27-7-4-20-37-27)29(35)23-32(15-14-31-16-18-36-19-17-31)28(34)13-10-24-5-2-1-3-6-24/h1-13,20H,14-19,21-23H2/b13-10+. The van der Waals surface area contributed by atoms with E-state index in [0.29, 0.717) is 39.4 Å². The molecule has 2 heterocycles. The first kappa shape index (κ1) is 26.7. The lowest BCUT2D eigenvalue weighted by Gasteiger charge is -2.31. The van der Waals surface area contributed by atoms with Crippen molar-refractivity contribution in [2.45, 2.75) is 13.1 Å². The first-order chi connectivity index (χ1) is 18.1. The molecule has 0 spiro atoms. The normalized spacial score (nSPS) is 14.1. The predicted molar refractivity (Wildman–Crippen MR) is 144 cm³/mol. The van der Waals surface area contributed by atoms with E-state index in [1.807, 2.05) is 47.8 Å². The van der Waals surface area contributed by atoms with Crippen molar-refractivity contribution < 1.29 is 18.7 Å². The van der Waals surface area contributed by atoms with Gasteiger partial charge in [-0.1, -0.05) is 48.5 Å². The lowest BCUT2D eigenvalue weighted by molar-refractivity contribution is -0.139. The summed E-state index contributed by atoms with van der Waals surface area (Å²) in [7, 11) is 0. The van der Waals surface area contributed by atoms with E-state index in [1.54, 1.807) is 39.3 Å². The smallest absolute Gasteiger partial charge is 0.247 e. The lowest BCUT2D eigenvalue weighted by Crippen LogP contribution is -2.46. The van der Waals surface area contributed by atoms with E-state index in [1.165, 1.54) is 18.2 Å². The molecule has 0 radical (unpaired) electrons. The number of nitrogens with zero attached hydrogens (tertiary/aromatic N) is 3. The first-order valence-corrected chi connectivity index (χ1v) is 13.3. The van der Waals surface area contributed by atoms with Crippen molar-refractivity contribution in [1.29, 1.82) is 0 Å². The van der Waals surface area contributed by atoms with Gasteiger partial charge >= 0.3 is 0 Å². The minimum absolute atomic E-state index is 0.0329. The first-order valence-electron chi connectivity index (χ1n) is 12.4. The molecule has 1 aromatic heterocycles. The van der Waals surface area contributed by atoms with Gasteiger partial charge in [-0.15, -0.1) is 11.3 Å². The van der Waals surface area contributed by atoms with Gasteiger partial charge in [0.25, 0.3) is 0 Å². The molecule has 2 aromatic carbocycles. The van der Waals surface area contributed by atoms with E-state index >= 15 is 0 Å². The SMILES string of the molecule is O=C(/C=C/c1ccccc1)N(CCN1CCOCC1)CC(=O)N(Cc1ccc(F)cc1)Cc1cccs1. The zero-order chi connectivity index (χ0) is 25.9. The Morgan fingerprint density at radius 3 is 2.41 bits per heavy atom. The molecule has 6 nitrogen and oxygen atoms in total. The van der Waals surface area contributed by atoms with Crippen LogP contribution in [-0.2, 0) is 27.4 Å². The number of amides is 2. The maximum absolute atomic E-state index is 13.6. The number of halogens is 1. The van der Waals surface area contributed by atoms with Crippen molar-refractivity contribution in [2.75, 3.05) is 45.9 Å². The Labute approximate surface area is 221 Å². The summed E-state index contributed by atoms with van der Waals surface area (Å²) in [4.78, 5) is 33.5. The number of ether oxygens (including phenoxy) is 1. The molecule has 1 saturated heterocycles. The molecule has 4 rings (SSSR count). The summed E-state index contributed by atoms with van der Waals surface area (Å²) in [5.41, 5.74) is 1.76. The molecule has 0 N–H and O–H groups in total. The molecule has 3 aromatic rings. The van der Waals surface area contributed by atoms with Crippen molar-refractivity contribution in [1.82, 2.24) is 14.7 Å². The molecule has 1 fully saturated rings. The van der Waals surface area contributed by atoms with Gasteiger partial charge in [0.15, 0.2) is 0 Å². The van der Waals surface area contributed by atoms with E-state index in [0.717, 1.165) is 29.1 Å².